The Hall–Kier alpha value is -1.70. The molecule has 1 saturated heterocycles. The van der Waals surface area contributed by atoms with Crippen LogP contribution in [-0.4, -0.2) is 27.9 Å². The molecule has 1 fully saturated rings. The molecule has 0 spiro atoms. The van der Waals surface area contributed by atoms with Crippen molar-refractivity contribution in [1.82, 2.24) is 15.5 Å². The van der Waals surface area contributed by atoms with Crippen molar-refractivity contribution in [2.75, 3.05) is 6.54 Å². The Morgan fingerprint density at radius 2 is 2.33 bits per heavy atom. The van der Waals surface area contributed by atoms with E-state index in [9.17, 15) is 9.50 Å². The normalized spacial score (nSPS) is 21.0. The predicted octanol–water partition coefficient (Wildman–Crippen LogP) is 1.60. The lowest BCUT2D eigenvalue weighted by Crippen LogP contribution is -2.15. The highest BCUT2D eigenvalue weighted by atomic mass is 35.5. The van der Waals surface area contributed by atoms with Crippen molar-refractivity contribution in [3.63, 3.8) is 0 Å². The van der Waals surface area contributed by atoms with Gasteiger partial charge in [0.05, 0.1) is 12.1 Å². The molecule has 0 bridgehead atoms. The number of ether oxygens (including phenoxy) is 1. The Balaban J connectivity index is 0.00000161. The van der Waals surface area contributed by atoms with E-state index in [1.165, 1.54) is 12.1 Å². The van der Waals surface area contributed by atoms with Gasteiger partial charge in [-0.25, -0.2) is 4.39 Å². The number of hydrogen-bond acceptors (Lipinski definition) is 6. The molecule has 8 heteroatoms. The van der Waals surface area contributed by atoms with Crippen LogP contribution in [0.5, 0.6) is 5.75 Å². The number of rotatable bonds is 4. The van der Waals surface area contributed by atoms with E-state index in [4.69, 9.17) is 9.26 Å². The number of nitrogens with one attached hydrogen (secondary N) is 1. The molecule has 1 aliphatic rings. The highest BCUT2D eigenvalue weighted by Crippen LogP contribution is 2.22. The number of benzene rings is 1. The van der Waals surface area contributed by atoms with E-state index in [2.05, 4.69) is 15.5 Å². The van der Waals surface area contributed by atoms with Crippen LogP contribution in [0.15, 0.2) is 28.8 Å². The van der Waals surface area contributed by atoms with Crippen molar-refractivity contribution in [1.29, 1.82) is 0 Å². The van der Waals surface area contributed by atoms with Gasteiger partial charge in [0.2, 0.25) is 11.7 Å². The summed E-state index contributed by atoms with van der Waals surface area (Å²) in [6.45, 7) is 0.615. The maximum absolute atomic E-state index is 13.0. The maximum Gasteiger partial charge on any atom is 0.244 e. The minimum Gasteiger partial charge on any atom is -0.485 e. The molecular formula is C13H15ClFN3O3. The molecule has 21 heavy (non-hydrogen) atoms. The molecule has 6 nitrogen and oxygen atoms in total. The number of nitrogens with zero attached hydrogens (tertiary/aromatic N) is 2. The Labute approximate surface area is 126 Å². The van der Waals surface area contributed by atoms with E-state index in [0.29, 0.717) is 30.4 Å². The van der Waals surface area contributed by atoms with Crippen LogP contribution < -0.4 is 10.1 Å². The summed E-state index contributed by atoms with van der Waals surface area (Å²) in [5.74, 6) is 0.859. The maximum atomic E-state index is 13.0. The van der Waals surface area contributed by atoms with Crippen LogP contribution in [0.25, 0.3) is 0 Å². The fourth-order valence-corrected chi connectivity index (χ4v) is 2.08. The van der Waals surface area contributed by atoms with Gasteiger partial charge in [0.15, 0.2) is 6.61 Å². The summed E-state index contributed by atoms with van der Waals surface area (Å²) in [7, 11) is 0. The third kappa shape index (κ3) is 3.90. The molecule has 1 aromatic carbocycles. The van der Waals surface area contributed by atoms with Gasteiger partial charge in [-0.05, 0) is 18.6 Å². The van der Waals surface area contributed by atoms with E-state index in [-0.39, 0.29) is 37.0 Å². The third-order valence-electron chi connectivity index (χ3n) is 3.05. The van der Waals surface area contributed by atoms with Crippen molar-refractivity contribution in [3.05, 3.63) is 41.8 Å². The summed E-state index contributed by atoms with van der Waals surface area (Å²) in [6.07, 6.45) is 0.158. The highest BCUT2D eigenvalue weighted by molar-refractivity contribution is 5.85. The molecule has 114 valence electrons. The molecule has 0 amide bonds. The Kier molecular flexibility index (Phi) is 5.11. The van der Waals surface area contributed by atoms with E-state index in [1.54, 1.807) is 12.1 Å². The smallest absolute Gasteiger partial charge is 0.244 e. The summed E-state index contributed by atoms with van der Waals surface area (Å²) in [5, 5.41) is 16.3. The van der Waals surface area contributed by atoms with Crippen LogP contribution in [0, 0.1) is 5.82 Å². The summed E-state index contributed by atoms with van der Waals surface area (Å²) in [6, 6.07) is 5.72. The number of halogens is 2. The average Bonchev–Trinajstić information content (AvgIpc) is 3.05. The largest absolute Gasteiger partial charge is 0.485 e. The highest BCUT2D eigenvalue weighted by Gasteiger charge is 2.28. The summed E-state index contributed by atoms with van der Waals surface area (Å²) < 4.78 is 23.5. The van der Waals surface area contributed by atoms with Gasteiger partial charge in [-0.3, -0.25) is 0 Å². The summed E-state index contributed by atoms with van der Waals surface area (Å²) in [5.41, 5.74) is 0. The molecule has 0 radical (unpaired) electrons. The molecule has 0 aliphatic carbocycles. The van der Waals surface area contributed by atoms with Crippen LogP contribution >= 0.6 is 12.4 Å². The van der Waals surface area contributed by atoms with Crippen LogP contribution in [0.4, 0.5) is 4.39 Å². The first kappa shape index (κ1) is 15.7. The van der Waals surface area contributed by atoms with E-state index in [0.717, 1.165) is 0 Å². The Bertz CT molecular complexity index is 596. The summed E-state index contributed by atoms with van der Waals surface area (Å²) in [4.78, 5) is 4.19. The van der Waals surface area contributed by atoms with Crippen LogP contribution in [-0.2, 0) is 6.61 Å². The van der Waals surface area contributed by atoms with Crippen molar-refractivity contribution >= 4 is 12.4 Å². The van der Waals surface area contributed by atoms with Crippen LogP contribution in [0.3, 0.4) is 0 Å². The minimum absolute atomic E-state index is 0. The first-order chi connectivity index (χ1) is 9.70. The monoisotopic (exact) mass is 315 g/mol. The number of hydrogen-bond donors (Lipinski definition) is 2. The fraction of sp³-hybridized carbons (Fsp3) is 0.385. The lowest BCUT2D eigenvalue weighted by Gasteiger charge is -2.03. The lowest BCUT2D eigenvalue weighted by atomic mass is 10.2. The van der Waals surface area contributed by atoms with Gasteiger partial charge in [0.25, 0.3) is 0 Å². The molecule has 2 atom stereocenters. The molecule has 3 rings (SSSR count). The second-order valence-corrected chi connectivity index (χ2v) is 4.65. The van der Waals surface area contributed by atoms with Crippen molar-refractivity contribution < 1.29 is 18.8 Å². The third-order valence-corrected chi connectivity index (χ3v) is 3.05. The van der Waals surface area contributed by atoms with Gasteiger partial charge in [-0.1, -0.05) is 11.2 Å². The van der Waals surface area contributed by atoms with Gasteiger partial charge in [-0.2, -0.15) is 4.98 Å². The van der Waals surface area contributed by atoms with Crippen molar-refractivity contribution in [2.24, 2.45) is 0 Å². The minimum atomic E-state index is -0.390. The topological polar surface area (TPSA) is 80.4 Å². The molecular weight excluding hydrogens is 301 g/mol. The summed E-state index contributed by atoms with van der Waals surface area (Å²) >= 11 is 0. The number of aliphatic hydroxyl groups excluding tert-OH is 1. The zero-order chi connectivity index (χ0) is 13.9. The number of aliphatic hydroxyl groups is 1. The molecule has 2 aromatic rings. The Morgan fingerprint density at radius 1 is 1.48 bits per heavy atom. The SMILES string of the molecule is Cl.O[C@H]1CN[C@@H](c2nc(COc3cccc(F)c3)no2)C1. The second kappa shape index (κ2) is 6.84. The average molecular weight is 316 g/mol. The van der Waals surface area contributed by atoms with Gasteiger partial charge >= 0.3 is 0 Å². The van der Waals surface area contributed by atoms with E-state index in [1.807, 2.05) is 0 Å². The molecule has 0 unspecified atom stereocenters. The van der Waals surface area contributed by atoms with Crippen LogP contribution in [0.1, 0.15) is 24.2 Å². The first-order valence-electron chi connectivity index (χ1n) is 6.33. The Morgan fingerprint density at radius 3 is 3.05 bits per heavy atom. The number of aromatic nitrogens is 2. The van der Waals surface area contributed by atoms with Crippen LogP contribution in [0.2, 0.25) is 0 Å². The lowest BCUT2D eigenvalue weighted by molar-refractivity contribution is 0.191. The molecule has 0 saturated carbocycles. The predicted molar refractivity (Wildman–Crippen MR) is 73.6 cm³/mol. The molecule has 1 aliphatic heterocycles. The van der Waals surface area contributed by atoms with Gasteiger partial charge < -0.3 is 19.7 Å². The molecule has 2 N–H and O–H groups in total. The quantitative estimate of drug-likeness (QED) is 0.892. The zero-order valence-electron chi connectivity index (χ0n) is 11.0. The molecule has 2 heterocycles. The van der Waals surface area contributed by atoms with Gasteiger partial charge in [0, 0.05) is 12.6 Å². The number of β-amino-alcohol motifs (C(OH)–C–C–N with tert-alkyl or cyclic N) is 1. The molecule has 1 aromatic heterocycles. The zero-order valence-corrected chi connectivity index (χ0v) is 11.8. The van der Waals surface area contributed by atoms with Gasteiger partial charge in [-0.15, -0.1) is 12.4 Å². The fourth-order valence-electron chi connectivity index (χ4n) is 2.08. The van der Waals surface area contributed by atoms with Crippen molar-refractivity contribution in [2.45, 2.75) is 25.2 Å². The van der Waals surface area contributed by atoms with E-state index < -0.39 is 0 Å². The first-order valence-corrected chi connectivity index (χ1v) is 6.33. The second-order valence-electron chi connectivity index (χ2n) is 4.65. The van der Waals surface area contributed by atoms with Crippen molar-refractivity contribution in [3.8, 4) is 5.75 Å². The van der Waals surface area contributed by atoms with E-state index >= 15 is 0 Å². The van der Waals surface area contributed by atoms with Gasteiger partial charge in [0.1, 0.15) is 11.6 Å². The standard InChI is InChI=1S/C13H14FN3O3.ClH/c14-8-2-1-3-10(4-8)19-7-12-16-13(20-17-12)11-5-9(18)6-15-11;/h1-4,9,11,15,18H,5-7H2;1H/t9-,11-;/m1./s1.